The molecular weight excluding hydrogens is 871 g/mol. The highest BCUT2D eigenvalue weighted by Gasteiger charge is 2.27. The lowest BCUT2D eigenvalue weighted by molar-refractivity contribution is -0.117. The number of nitriles is 1. The second-order valence-corrected chi connectivity index (χ2v) is 17.9. The number of sulfonamides is 1. The fourth-order valence-corrected chi connectivity index (χ4v) is 9.72. The summed E-state index contributed by atoms with van der Waals surface area (Å²) in [6, 6.07) is 20.0. The highest BCUT2D eigenvalue weighted by Crippen LogP contribution is 2.42. The largest absolute Gasteiger partial charge is 0.493 e. The van der Waals surface area contributed by atoms with Gasteiger partial charge >= 0.3 is 7.60 Å². The molecular formula is C40H42FN6O12PS2. The number of nitrogens with one attached hydrogen (secondary N) is 4. The number of methoxy groups -OCH3 is 4. The van der Waals surface area contributed by atoms with Gasteiger partial charge in [-0.15, -0.1) is 11.3 Å². The first-order valence-electron chi connectivity index (χ1n) is 18.4. The number of benzene rings is 4. The summed E-state index contributed by atoms with van der Waals surface area (Å²) in [6.45, 7) is 0.492. The van der Waals surface area contributed by atoms with Crippen LogP contribution >= 0.6 is 18.9 Å². The van der Waals surface area contributed by atoms with Crippen LogP contribution in [0.1, 0.15) is 26.3 Å². The van der Waals surface area contributed by atoms with Crippen LogP contribution in [0.4, 0.5) is 10.1 Å². The van der Waals surface area contributed by atoms with E-state index < -0.39 is 47.4 Å². The number of fused-ring (bicyclic) bond motifs is 1. The highest BCUT2D eigenvalue weighted by molar-refractivity contribution is 7.92. The van der Waals surface area contributed by atoms with Crippen molar-refractivity contribution >= 4 is 62.5 Å². The van der Waals surface area contributed by atoms with Crippen molar-refractivity contribution in [2.75, 3.05) is 72.8 Å². The van der Waals surface area contributed by atoms with E-state index in [1.807, 2.05) is 4.72 Å². The molecule has 0 fully saturated rings. The predicted molar refractivity (Wildman–Crippen MR) is 227 cm³/mol. The van der Waals surface area contributed by atoms with Crippen LogP contribution in [0.2, 0.25) is 0 Å². The Balaban J connectivity index is 1.22. The van der Waals surface area contributed by atoms with E-state index in [1.165, 1.54) is 46.6 Å². The van der Waals surface area contributed by atoms with Crippen LogP contribution in [-0.2, 0) is 19.4 Å². The monoisotopic (exact) mass is 912 g/mol. The zero-order valence-corrected chi connectivity index (χ0v) is 36.2. The average molecular weight is 913 g/mol. The van der Waals surface area contributed by atoms with Crippen LogP contribution in [0.3, 0.4) is 0 Å². The number of hydrogen-bond donors (Lipinski definition) is 5. The fraction of sp³-hybridized carbons (Fsp3) is 0.250. The number of anilines is 1. The molecule has 0 aliphatic rings. The van der Waals surface area contributed by atoms with E-state index in [2.05, 4.69) is 16.0 Å². The molecule has 328 valence electrons. The van der Waals surface area contributed by atoms with Crippen molar-refractivity contribution in [3.8, 4) is 34.8 Å². The first kappa shape index (κ1) is 46.8. The summed E-state index contributed by atoms with van der Waals surface area (Å²) in [6.07, 6.45) is -1.04. The molecule has 0 aliphatic carbocycles. The van der Waals surface area contributed by atoms with Gasteiger partial charge in [0.05, 0.1) is 40.5 Å². The summed E-state index contributed by atoms with van der Waals surface area (Å²) >= 11 is 0.871. The molecule has 0 saturated carbocycles. The van der Waals surface area contributed by atoms with Gasteiger partial charge in [0.25, 0.3) is 21.8 Å². The first-order valence-corrected chi connectivity index (χ1v) is 22.4. The Morgan fingerprint density at radius 3 is 1.92 bits per heavy atom. The normalized spacial score (nSPS) is 12.2. The van der Waals surface area contributed by atoms with E-state index in [1.54, 1.807) is 53.4 Å². The maximum atomic E-state index is 13.9. The van der Waals surface area contributed by atoms with E-state index in [4.69, 9.17) is 28.7 Å². The Kier molecular flexibility index (Phi) is 15.9. The van der Waals surface area contributed by atoms with E-state index in [0.29, 0.717) is 49.9 Å². The van der Waals surface area contributed by atoms with E-state index in [0.717, 1.165) is 29.5 Å². The number of ether oxygens (including phenoxy) is 4. The van der Waals surface area contributed by atoms with Crippen LogP contribution in [0, 0.1) is 17.1 Å². The number of carbonyl (C=O) groups excluding carboxylic acids is 3. The van der Waals surface area contributed by atoms with Gasteiger partial charge in [-0.1, -0.05) is 0 Å². The molecule has 18 nitrogen and oxygen atoms in total. The molecule has 0 spiro atoms. The van der Waals surface area contributed by atoms with Crippen molar-refractivity contribution in [3.05, 3.63) is 101 Å². The Bertz CT molecular complexity index is 2580. The Morgan fingerprint density at radius 2 is 1.39 bits per heavy atom. The number of halogens is 1. The fourth-order valence-electron chi connectivity index (χ4n) is 5.79. The van der Waals surface area contributed by atoms with Crippen LogP contribution in [0.25, 0.3) is 10.1 Å². The van der Waals surface area contributed by atoms with Gasteiger partial charge in [-0.2, -0.15) is 9.98 Å². The van der Waals surface area contributed by atoms with Crippen molar-refractivity contribution in [3.63, 3.8) is 0 Å². The summed E-state index contributed by atoms with van der Waals surface area (Å²) in [5.41, 5.74) is 0.676. The smallest absolute Gasteiger partial charge is 0.391 e. The molecule has 1 atom stereocenters. The lowest BCUT2D eigenvalue weighted by Gasteiger charge is -2.22. The van der Waals surface area contributed by atoms with Gasteiger partial charge in [0, 0.05) is 53.8 Å². The molecule has 4 aromatic carbocycles. The molecule has 22 heteroatoms. The molecule has 0 bridgehead atoms. The standard InChI is InChI=1S/C40H42FN6O12PS2/c1-55-32-10-6-25(18-34(32)57-3)39(49)43-13-15-47(16-14-44-40(50)26-7-11-33(56-2)35(19-26)58-4)23-37(48)46-29-8-12-36-28(17-29)20-38(61-36)62(53,54)45-24-60(51,52)59-30-9-5-27(22-42)31(41)21-30/h5-12,17-21,45H,13-16,23-24H2,1-4H3,(H,43,49)(H,44,50)(H,46,48)(H,51,52). The summed E-state index contributed by atoms with van der Waals surface area (Å²) in [4.78, 5) is 51.4. The zero-order chi connectivity index (χ0) is 45.0. The van der Waals surface area contributed by atoms with E-state index >= 15 is 0 Å². The second-order valence-electron chi connectivity index (χ2n) is 13.1. The summed E-state index contributed by atoms with van der Waals surface area (Å²) in [5.74, 6) is -0.931. The minimum Gasteiger partial charge on any atom is -0.493 e. The SMILES string of the molecule is COc1ccc(C(=O)NCCN(CCNC(=O)c2ccc(OC)c(OC)c2)CC(=O)Nc2ccc3sc(S(=O)(=O)NCP(=O)(O)Oc4ccc(C#N)c(F)c4)cc3c2)cc1OC. The van der Waals surface area contributed by atoms with Gasteiger partial charge in [-0.25, -0.2) is 17.4 Å². The van der Waals surface area contributed by atoms with E-state index in [9.17, 15) is 36.7 Å². The number of rotatable bonds is 21. The minimum absolute atomic E-state index is 0.127. The first-order chi connectivity index (χ1) is 29.6. The third kappa shape index (κ3) is 12.4. The predicted octanol–water partition coefficient (Wildman–Crippen LogP) is 4.55. The van der Waals surface area contributed by atoms with Crippen molar-refractivity contribution in [1.82, 2.24) is 20.3 Å². The van der Waals surface area contributed by atoms with Crippen LogP contribution in [0.5, 0.6) is 28.7 Å². The van der Waals surface area contributed by atoms with Crippen molar-refractivity contribution < 1.29 is 60.1 Å². The molecule has 0 aliphatic heterocycles. The van der Waals surface area contributed by atoms with E-state index in [-0.39, 0.29) is 48.2 Å². The van der Waals surface area contributed by atoms with Gasteiger partial charge in [0.2, 0.25) is 5.91 Å². The van der Waals surface area contributed by atoms with Crippen LogP contribution in [-0.4, -0.2) is 103 Å². The van der Waals surface area contributed by atoms with Gasteiger partial charge in [-0.3, -0.25) is 19.3 Å². The molecule has 5 N–H and O–H groups in total. The topological polar surface area (TPSA) is 244 Å². The molecule has 62 heavy (non-hydrogen) atoms. The van der Waals surface area contributed by atoms with Crippen molar-refractivity contribution in [1.29, 1.82) is 5.26 Å². The van der Waals surface area contributed by atoms with Gasteiger partial charge in [0.15, 0.2) is 23.0 Å². The van der Waals surface area contributed by atoms with Crippen LogP contribution < -0.4 is 44.1 Å². The number of amides is 3. The molecule has 5 rings (SSSR count). The maximum Gasteiger partial charge on any atom is 0.391 e. The minimum atomic E-state index is -4.66. The van der Waals surface area contributed by atoms with Crippen molar-refractivity contribution in [2.45, 2.75) is 4.21 Å². The van der Waals surface area contributed by atoms with Crippen LogP contribution in [0.15, 0.2) is 83.1 Å². The summed E-state index contributed by atoms with van der Waals surface area (Å²) in [7, 11) is -3.12. The Hall–Kier alpha value is -6.27. The number of nitrogens with zero attached hydrogens (tertiary/aromatic N) is 2. The highest BCUT2D eigenvalue weighted by atomic mass is 32.2. The lowest BCUT2D eigenvalue weighted by atomic mass is 10.2. The third-order valence-corrected chi connectivity index (χ3v) is 13.2. The number of thiophene rings is 1. The average Bonchev–Trinajstić information content (AvgIpc) is 3.69. The Labute approximate surface area is 360 Å². The Morgan fingerprint density at radius 1 is 0.806 bits per heavy atom. The third-order valence-electron chi connectivity index (χ3n) is 8.89. The van der Waals surface area contributed by atoms with Crippen molar-refractivity contribution in [2.24, 2.45) is 0 Å². The zero-order valence-electron chi connectivity index (χ0n) is 33.7. The molecule has 0 radical (unpaired) electrons. The number of carbonyl (C=O) groups is 3. The summed E-state index contributed by atoms with van der Waals surface area (Å²) < 4.78 is 81.2. The summed E-state index contributed by atoms with van der Waals surface area (Å²) in [5, 5.41) is 17.8. The molecule has 1 aromatic heterocycles. The quantitative estimate of drug-likeness (QED) is 0.0635. The lowest BCUT2D eigenvalue weighted by Crippen LogP contribution is -2.43. The second kappa shape index (κ2) is 21.0. The molecule has 5 aromatic rings. The maximum absolute atomic E-state index is 13.9. The molecule has 1 unspecified atom stereocenters. The van der Waals surface area contributed by atoms with Gasteiger partial charge in [0.1, 0.15) is 28.1 Å². The molecule has 1 heterocycles. The van der Waals surface area contributed by atoms with Gasteiger partial charge < -0.3 is 44.3 Å². The number of hydrogen-bond acceptors (Lipinski definition) is 14. The van der Waals surface area contributed by atoms with Gasteiger partial charge in [-0.05, 0) is 78.2 Å². The molecule has 3 amide bonds. The molecule has 0 saturated heterocycles.